The van der Waals surface area contributed by atoms with E-state index < -0.39 is 0 Å². The van der Waals surface area contributed by atoms with E-state index in [1.54, 1.807) is 18.6 Å². The van der Waals surface area contributed by atoms with Crippen molar-refractivity contribution in [3.63, 3.8) is 0 Å². The number of hydrogen-bond donors (Lipinski definition) is 0. The molecule has 0 aliphatic rings. The average molecular weight is 276 g/mol. The minimum Gasteiger partial charge on any atom is -0.473 e. The van der Waals surface area contributed by atoms with E-state index in [0.717, 1.165) is 11.1 Å². The lowest BCUT2D eigenvalue weighted by Crippen LogP contribution is -1.92. The first-order chi connectivity index (χ1) is 10.4. The lowest BCUT2D eigenvalue weighted by molar-refractivity contribution is 0.104. The van der Waals surface area contributed by atoms with Crippen LogP contribution in [0.4, 0.5) is 0 Å². The molecule has 0 atom stereocenters. The van der Waals surface area contributed by atoms with Gasteiger partial charge in [0.05, 0.1) is 12.5 Å². The fourth-order valence-corrected chi connectivity index (χ4v) is 1.66. The van der Waals surface area contributed by atoms with Gasteiger partial charge in [-0.2, -0.15) is 0 Å². The molecule has 3 aromatic rings. The Bertz CT molecular complexity index is 636. The highest BCUT2D eigenvalue weighted by atomic mass is 16.3. The molecule has 104 valence electrons. The standard InChI is InChI=1S/C15H12O.C4H4O/c16-15(14-9-5-2-6-10-14)12-11-13-7-3-1-4-8-13;1-2-4-5-3-1/h1-12H;1-4H. The number of hydrogen-bond acceptors (Lipinski definition) is 2. The molecular formula is C19H16O2. The summed E-state index contributed by atoms with van der Waals surface area (Å²) in [5, 5.41) is 0. The molecule has 2 heteroatoms. The maximum atomic E-state index is 11.7. The highest BCUT2D eigenvalue weighted by Gasteiger charge is 1.98. The van der Waals surface area contributed by atoms with Gasteiger partial charge >= 0.3 is 0 Å². The molecule has 0 aliphatic heterocycles. The number of allylic oxidation sites excluding steroid dienone is 1. The van der Waals surface area contributed by atoms with E-state index in [2.05, 4.69) is 4.42 Å². The summed E-state index contributed by atoms with van der Waals surface area (Å²) in [7, 11) is 0. The van der Waals surface area contributed by atoms with Gasteiger partial charge in [-0.15, -0.1) is 0 Å². The molecule has 1 aromatic heterocycles. The van der Waals surface area contributed by atoms with Gasteiger partial charge in [-0.05, 0) is 23.8 Å². The van der Waals surface area contributed by atoms with E-state index in [9.17, 15) is 4.79 Å². The van der Waals surface area contributed by atoms with Crippen molar-refractivity contribution in [2.45, 2.75) is 0 Å². The van der Waals surface area contributed by atoms with Crippen LogP contribution in [-0.4, -0.2) is 5.78 Å². The Morgan fingerprint density at radius 1 is 0.762 bits per heavy atom. The summed E-state index contributed by atoms with van der Waals surface area (Å²) in [6.45, 7) is 0. The van der Waals surface area contributed by atoms with Crippen molar-refractivity contribution in [3.8, 4) is 0 Å². The molecule has 0 aliphatic carbocycles. The summed E-state index contributed by atoms with van der Waals surface area (Å²) in [5.41, 5.74) is 1.75. The molecule has 1 heterocycles. The molecular weight excluding hydrogens is 260 g/mol. The van der Waals surface area contributed by atoms with Crippen molar-refractivity contribution in [1.82, 2.24) is 0 Å². The maximum absolute atomic E-state index is 11.7. The van der Waals surface area contributed by atoms with Crippen LogP contribution in [0.3, 0.4) is 0 Å². The van der Waals surface area contributed by atoms with Crippen LogP contribution < -0.4 is 0 Å². The van der Waals surface area contributed by atoms with E-state index >= 15 is 0 Å². The quantitative estimate of drug-likeness (QED) is 0.505. The minimum atomic E-state index is 0.0319. The van der Waals surface area contributed by atoms with Crippen LogP contribution in [0.25, 0.3) is 6.08 Å². The van der Waals surface area contributed by atoms with Crippen molar-refractivity contribution in [3.05, 3.63) is 103 Å². The Morgan fingerprint density at radius 2 is 1.33 bits per heavy atom. The van der Waals surface area contributed by atoms with Crippen molar-refractivity contribution < 1.29 is 9.21 Å². The first-order valence-corrected chi connectivity index (χ1v) is 6.66. The molecule has 21 heavy (non-hydrogen) atoms. The van der Waals surface area contributed by atoms with Gasteiger partial charge in [0.25, 0.3) is 0 Å². The van der Waals surface area contributed by atoms with Crippen LogP contribution in [0, 0.1) is 0 Å². The van der Waals surface area contributed by atoms with Crippen LogP contribution >= 0.6 is 0 Å². The number of benzene rings is 2. The van der Waals surface area contributed by atoms with Gasteiger partial charge in [-0.1, -0.05) is 66.7 Å². The largest absolute Gasteiger partial charge is 0.473 e. The Morgan fingerprint density at radius 3 is 1.86 bits per heavy atom. The van der Waals surface area contributed by atoms with E-state index in [4.69, 9.17) is 0 Å². The van der Waals surface area contributed by atoms with Crippen LogP contribution in [0.1, 0.15) is 15.9 Å². The molecule has 0 bridgehead atoms. The predicted octanol–water partition coefficient (Wildman–Crippen LogP) is 4.86. The first kappa shape index (κ1) is 14.5. The van der Waals surface area contributed by atoms with Gasteiger partial charge in [-0.25, -0.2) is 0 Å². The average Bonchev–Trinajstić information content (AvgIpc) is 3.14. The van der Waals surface area contributed by atoms with Crippen LogP contribution in [0.15, 0.2) is 95.8 Å². The van der Waals surface area contributed by atoms with Crippen molar-refractivity contribution >= 4 is 11.9 Å². The van der Waals surface area contributed by atoms with E-state index in [1.165, 1.54) is 0 Å². The fourth-order valence-electron chi connectivity index (χ4n) is 1.66. The zero-order valence-corrected chi connectivity index (χ0v) is 11.6. The molecule has 2 nitrogen and oxygen atoms in total. The normalized spacial score (nSPS) is 9.90. The van der Waals surface area contributed by atoms with Gasteiger partial charge in [0.15, 0.2) is 5.78 Å². The highest BCUT2D eigenvalue weighted by molar-refractivity contribution is 6.06. The number of ketones is 1. The molecule has 0 spiro atoms. The Labute approximate surface area is 124 Å². The van der Waals surface area contributed by atoms with Gasteiger partial charge in [-0.3, -0.25) is 4.79 Å². The van der Waals surface area contributed by atoms with E-state index in [0.29, 0.717) is 0 Å². The van der Waals surface area contributed by atoms with Crippen LogP contribution in [-0.2, 0) is 0 Å². The van der Waals surface area contributed by atoms with Gasteiger partial charge in [0, 0.05) is 5.56 Å². The molecule has 2 aromatic carbocycles. The molecule has 0 amide bonds. The van der Waals surface area contributed by atoms with Gasteiger partial charge < -0.3 is 4.42 Å². The third kappa shape index (κ3) is 5.33. The highest BCUT2D eigenvalue weighted by Crippen LogP contribution is 2.05. The van der Waals surface area contributed by atoms with Crippen molar-refractivity contribution in [2.75, 3.05) is 0 Å². The summed E-state index contributed by atoms with van der Waals surface area (Å²) >= 11 is 0. The van der Waals surface area contributed by atoms with E-state index in [-0.39, 0.29) is 5.78 Å². The molecule has 0 N–H and O–H groups in total. The third-order valence-corrected chi connectivity index (χ3v) is 2.71. The summed E-state index contributed by atoms with van der Waals surface area (Å²) in [4.78, 5) is 11.7. The second kappa shape index (κ2) is 8.33. The van der Waals surface area contributed by atoms with Gasteiger partial charge in [0.2, 0.25) is 0 Å². The first-order valence-electron chi connectivity index (χ1n) is 6.66. The zero-order chi connectivity index (χ0) is 14.8. The van der Waals surface area contributed by atoms with Crippen molar-refractivity contribution in [2.24, 2.45) is 0 Å². The monoisotopic (exact) mass is 276 g/mol. The molecule has 0 radical (unpaired) electrons. The number of furan rings is 1. The SMILES string of the molecule is O=C(C=Cc1ccccc1)c1ccccc1.c1ccoc1. The maximum Gasteiger partial charge on any atom is 0.185 e. The second-order valence-corrected chi connectivity index (χ2v) is 4.27. The Kier molecular flexibility index (Phi) is 5.77. The number of rotatable bonds is 3. The minimum absolute atomic E-state index is 0.0319. The number of carbonyl (C=O) groups is 1. The Hall–Kier alpha value is -2.87. The summed E-state index contributed by atoms with van der Waals surface area (Å²) in [5.74, 6) is 0.0319. The van der Waals surface area contributed by atoms with Gasteiger partial charge in [0.1, 0.15) is 0 Å². The molecule has 3 rings (SSSR count). The van der Waals surface area contributed by atoms with Crippen molar-refractivity contribution in [1.29, 1.82) is 0 Å². The van der Waals surface area contributed by atoms with E-state index in [1.807, 2.05) is 78.9 Å². The fraction of sp³-hybridized carbons (Fsp3) is 0. The predicted molar refractivity (Wildman–Crippen MR) is 85.0 cm³/mol. The molecule has 0 saturated carbocycles. The van der Waals surface area contributed by atoms with Crippen LogP contribution in [0.2, 0.25) is 0 Å². The summed E-state index contributed by atoms with van der Waals surface area (Å²) < 4.78 is 4.58. The molecule has 0 saturated heterocycles. The Balaban J connectivity index is 0.000000272. The zero-order valence-electron chi connectivity index (χ0n) is 11.6. The smallest absolute Gasteiger partial charge is 0.185 e. The summed E-state index contributed by atoms with van der Waals surface area (Å²) in [6.07, 6.45) is 6.68. The lowest BCUT2D eigenvalue weighted by Gasteiger charge is -1.94. The second-order valence-electron chi connectivity index (χ2n) is 4.27. The third-order valence-electron chi connectivity index (χ3n) is 2.71. The lowest BCUT2D eigenvalue weighted by atomic mass is 10.1. The molecule has 0 fully saturated rings. The topological polar surface area (TPSA) is 30.2 Å². The summed E-state index contributed by atoms with van der Waals surface area (Å²) in [6, 6.07) is 22.7. The van der Waals surface area contributed by atoms with Crippen LogP contribution in [0.5, 0.6) is 0 Å². The number of carbonyl (C=O) groups excluding carboxylic acids is 1. The molecule has 0 unspecified atom stereocenters.